The topological polar surface area (TPSA) is 72.6 Å². The number of carbonyl (C=O) groups excluding carboxylic acids is 1. The monoisotopic (exact) mass is 430 g/mol. The van der Waals surface area contributed by atoms with E-state index in [0.29, 0.717) is 41.3 Å². The first-order valence-electron chi connectivity index (χ1n) is 8.67. The van der Waals surface area contributed by atoms with Gasteiger partial charge in [-0.3, -0.25) is 4.79 Å². The lowest BCUT2D eigenvalue weighted by molar-refractivity contribution is 0.0952. The summed E-state index contributed by atoms with van der Waals surface area (Å²) >= 11 is 3.44. The molecule has 140 valence electrons. The summed E-state index contributed by atoms with van der Waals surface area (Å²) in [4.78, 5) is 15.8. The van der Waals surface area contributed by atoms with E-state index in [0.717, 1.165) is 28.6 Å². The van der Waals surface area contributed by atoms with Crippen LogP contribution in [0.15, 0.2) is 41.0 Å². The molecule has 2 aromatic carbocycles. The molecule has 0 fully saturated rings. The van der Waals surface area contributed by atoms with Crippen molar-refractivity contribution in [1.29, 1.82) is 0 Å². The molecule has 4 rings (SSSR count). The molecular weight excluding hydrogens is 412 g/mol. The summed E-state index contributed by atoms with van der Waals surface area (Å²) in [5.41, 5.74) is 2.70. The van der Waals surface area contributed by atoms with Gasteiger partial charge in [-0.15, -0.1) is 0 Å². The fourth-order valence-electron chi connectivity index (χ4n) is 3.14. The van der Waals surface area contributed by atoms with Crippen LogP contribution in [0.1, 0.15) is 15.9 Å². The van der Waals surface area contributed by atoms with Crippen molar-refractivity contribution in [3.8, 4) is 17.2 Å². The van der Waals surface area contributed by atoms with Gasteiger partial charge in [0.25, 0.3) is 5.91 Å². The summed E-state index contributed by atoms with van der Waals surface area (Å²) in [5.74, 6) is 1.91. The number of amides is 1. The van der Waals surface area contributed by atoms with E-state index in [1.807, 2.05) is 24.4 Å². The molecule has 0 unspecified atom stereocenters. The summed E-state index contributed by atoms with van der Waals surface area (Å²) in [7, 11) is 1.65. The maximum Gasteiger partial charge on any atom is 0.252 e. The van der Waals surface area contributed by atoms with Gasteiger partial charge < -0.3 is 24.5 Å². The smallest absolute Gasteiger partial charge is 0.252 e. The number of hydrogen-bond donors (Lipinski definition) is 2. The normalized spacial score (nSPS) is 12.8. The Hall–Kier alpha value is -2.67. The van der Waals surface area contributed by atoms with Crippen molar-refractivity contribution < 1.29 is 19.0 Å². The van der Waals surface area contributed by atoms with Crippen LogP contribution >= 0.6 is 15.9 Å². The van der Waals surface area contributed by atoms with Crippen molar-refractivity contribution in [1.82, 2.24) is 10.3 Å². The number of aromatic amines is 1. The standard InChI is InChI=1S/C20H19BrN2O4/c1-25-13-2-3-14-12(11-23-17(14)8-13)4-5-22-20(24)15-9-18-19(10-16(15)21)27-7-6-26-18/h2-3,8-11,23H,4-7H2,1H3,(H,22,24). The third kappa shape index (κ3) is 3.60. The SMILES string of the molecule is COc1ccc2c(CCNC(=O)c3cc4c(cc3Br)OCCO4)c[nH]c2c1. The second kappa shape index (κ2) is 7.52. The van der Waals surface area contributed by atoms with Crippen LogP contribution in [-0.2, 0) is 6.42 Å². The number of aromatic nitrogens is 1. The Labute approximate surface area is 164 Å². The van der Waals surface area contributed by atoms with Gasteiger partial charge in [-0.05, 0) is 52.2 Å². The van der Waals surface area contributed by atoms with Crippen LogP contribution in [0.5, 0.6) is 17.2 Å². The molecule has 6 nitrogen and oxygen atoms in total. The second-order valence-corrected chi connectivity index (χ2v) is 7.06. The van der Waals surface area contributed by atoms with Gasteiger partial charge in [0.05, 0.1) is 12.7 Å². The van der Waals surface area contributed by atoms with E-state index in [2.05, 4.69) is 26.2 Å². The molecule has 0 saturated carbocycles. The number of H-pyrrole nitrogens is 1. The van der Waals surface area contributed by atoms with E-state index in [-0.39, 0.29) is 5.91 Å². The molecule has 1 aliphatic heterocycles. The predicted molar refractivity (Wildman–Crippen MR) is 106 cm³/mol. The summed E-state index contributed by atoms with van der Waals surface area (Å²) in [6.45, 7) is 1.53. The van der Waals surface area contributed by atoms with Crippen molar-refractivity contribution in [2.24, 2.45) is 0 Å². The van der Waals surface area contributed by atoms with Gasteiger partial charge in [-0.2, -0.15) is 0 Å². The maximum atomic E-state index is 12.6. The molecule has 0 aliphatic carbocycles. The highest BCUT2D eigenvalue weighted by atomic mass is 79.9. The number of nitrogens with one attached hydrogen (secondary N) is 2. The lowest BCUT2D eigenvalue weighted by Crippen LogP contribution is -2.26. The number of methoxy groups -OCH3 is 1. The number of ether oxygens (including phenoxy) is 3. The highest BCUT2D eigenvalue weighted by Crippen LogP contribution is 2.35. The number of rotatable bonds is 5. The second-order valence-electron chi connectivity index (χ2n) is 6.21. The van der Waals surface area contributed by atoms with Gasteiger partial charge in [0.15, 0.2) is 11.5 Å². The summed E-state index contributed by atoms with van der Waals surface area (Å²) < 4.78 is 17.0. The highest BCUT2D eigenvalue weighted by Gasteiger charge is 2.18. The van der Waals surface area contributed by atoms with E-state index >= 15 is 0 Å². The van der Waals surface area contributed by atoms with Crippen LogP contribution in [0.2, 0.25) is 0 Å². The molecular formula is C20H19BrN2O4. The highest BCUT2D eigenvalue weighted by molar-refractivity contribution is 9.10. The average Bonchev–Trinajstić information content (AvgIpc) is 3.09. The fourth-order valence-corrected chi connectivity index (χ4v) is 3.65. The summed E-state index contributed by atoms with van der Waals surface area (Å²) in [6, 6.07) is 9.41. The van der Waals surface area contributed by atoms with Crippen molar-refractivity contribution in [3.05, 3.63) is 52.1 Å². The van der Waals surface area contributed by atoms with Gasteiger partial charge in [-0.1, -0.05) is 0 Å². The third-order valence-electron chi connectivity index (χ3n) is 4.53. The number of carbonyl (C=O) groups is 1. The zero-order valence-corrected chi connectivity index (χ0v) is 16.4. The van der Waals surface area contributed by atoms with Gasteiger partial charge in [0.2, 0.25) is 0 Å². The minimum absolute atomic E-state index is 0.152. The predicted octanol–water partition coefficient (Wildman–Crippen LogP) is 3.68. The zero-order valence-electron chi connectivity index (χ0n) is 14.8. The molecule has 1 aromatic heterocycles. The van der Waals surface area contributed by atoms with Gasteiger partial charge in [0.1, 0.15) is 19.0 Å². The van der Waals surface area contributed by atoms with Crippen LogP contribution in [0.25, 0.3) is 10.9 Å². The van der Waals surface area contributed by atoms with Gasteiger partial charge >= 0.3 is 0 Å². The van der Waals surface area contributed by atoms with Gasteiger partial charge in [-0.25, -0.2) is 0 Å². The van der Waals surface area contributed by atoms with Crippen LogP contribution in [0.3, 0.4) is 0 Å². The fraction of sp³-hybridized carbons (Fsp3) is 0.250. The number of benzene rings is 2. The van der Waals surface area contributed by atoms with E-state index in [4.69, 9.17) is 14.2 Å². The van der Waals surface area contributed by atoms with E-state index < -0.39 is 0 Å². The third-order valence-corrected chi connectivity index (χ3v) is 5.19. The number of hydrogen-bond acceptors (Lipinski definition) is 4. The van der Waals surface area contributed by atoms with Crippen molar-refractivity contribution >= 4 is 32.7 Å². The molecule has 0 radical (unpaired) electrons. The lowest BCUT2D eigenvalue weighted by Gasteiger charge is -2.19. The summed E-state index contributed by atoms with van der Waals surface area (Å²) in [5, 5.41) is 4.10. The molecule has 2 N–H and O–H groups in total. The van der Waals surface area contributed by atoms with E-state index in [1.165, 1.54) is 0 Å². The Balaban J connectivity index is 1.43. The summed E-state index contributed by atoms with van der Waals surface area (Å²) in [6.07, 6.45) is 2.69. The Morgan fingerprint density at radius 1 is 1.22 bits per heavy atom. The van der Waals surface area contributed by atoms with Crippen LogP contribution in [0.4, 0.5) is 0 Å². The van der Waals surface area contributed by atoms with E-state index in [1.54, 1.807) is 19.2 Å². The van der Waals surface area contributed by atoms with E-state index in [9.17, 15) is 4.79 Å². The molecule has 1 aliphatic rings. The average molecular weight is 431 g/mol. The molecule has 7 heteroatoms. The van der Waals surface area contributed by atoms with Crippen LogP contribution in [-0.4, -0.2) is 37.8 Å². The Morgan fingerprint density at radius 2 is 2.00 bits per heavy atom. The molecule has 2 heterocycles. The quantitative estimate of drug-likeness (QED) is 0.647. The first-order chi connectivity index (χ1) is 13.2. The first kappa shape index (κ1) is 17.7. The molecule has 0 bridgehead atoms. The van der Waals surface area contributed by atoms with Crippen molar-refractivity contribution in [2.75, 3.05) is 26.9 Å². The van der Waals surface area contributed by atoms with Gasteiger partial charge in [0, 0.05) is 34.2 Å². The Bertz CT molecular complexity index is 999. The lowest BCUT2D eigenvalue weighted by atomic mass is 10.1. The number of halogens is 1. The Morgan fingerprint density at radius 3 is 2.78 bits per heavy atom. The molecule has 0 spiro atoms. The minimum atomic E-state index is -0.152. The van der Waals surface area contributed by atoms with Crippen LogP contribution < -0.4 is 19.5 Å². The molecule has 0 saturated heterocycles. The molecule has 27 heavy (non-hydrogen) atoms. The molecule has 0 atom stereocenters. The largest absolute Gasteiger partial charge is 0.497 e. The Kier molecular flexibility index (Phi) is 4.94. The first-order valence-corrected chi connectivity index (χ1v) is 9.46. The minimum Gasteiger partial charge on any atom is -0.497 e. The zero-order chi connectivity index (χ0) is 18.8. The maximum absolute atomic E-state index is 12.6. The van der Waals surface area contributed by atoms with Crippen LogP contribution in [0, 0.1) is 0 Å². The van der Waals surface area contributed by atoms with Crippen molar-refractivity contribution in [2.45, 2.75) is 6.42 Å². The van der Waals surface area contributed by atoms with Crippen molar-refractivity contribution in [3.63, 3.8) is 0 Å². The molecule has 1 amide bonds. The number of fused-ring (bicyclic) bond motifs is 2. The molecule has 3 aromatic rings.